The number of nitrogens with zero attached hydrogens (tertiary/aromatic N) is 2. The van der Waals surface area contributed by atoms with Crippen molar-refractivity contribution in [1.82, 2.24) is 4.98 Å². The van der Waals surface area contributed by atoms with E-state index in [-0.39, 0.29) is 16.3 Å². The molecule has 0 aliphatic carbocycles. The number of rotatable bonds is 2. The minimum absolute atomic E-state index is 0.0747. The fourth-order valence-corrected chi connectivity index (χ4v) is 1.21. The summed E-state index contributed by atoms with van der Waals surface area (Å²) in [6.07, 6.45) is -2.86. The van der Waals surface area contributed by atoms with Crippen LogP contribution in [0.15, 0.2) is 6.07 Å². The van der Waals surface area contributed by atoms with E-state index in [0.717, 1.165) is 6.07 Å². The molecular formula is C8H5ClF2N2O. The molecule has 0 aliphatic rings. The van der Waals surface area contributed by atoms with E-state index in [1.165, 1.54) is 0 Å². The number of aliphatic hydroxyl groups excluding tert-OH is 1. The average Bonchev–Trinajstić information content (AvgIpc) is 2.16. The third kappa shape index (κ3) is 1.97. The van der Waals surface area contributed by atoms with Gasteiger partial charge in [-0.05, 0) is 6.07 Å². The predicted molar refractivity (Wildman–Crippen MR) is 44.8 cm³/mol. The van der Waals surface area contributed by atoms with Gasteiger partial charge in [0.2, 0.25) is 0 Å². The molecule has 0 radical (unpaired) electrons. The molecule has 0 bridgehead atoms. The summed E-state index contributed by atoms with van der Waals surface area (Å²) in [5.74, 6) is 0. The maximum atomic E-state index is 12.4. The Hall–Kier alpha value is -1.25. The van der Waals surface area contributed by atoms with E-state index in [1.54, 1.807) is 6.07 Å². The molecule has 1 aromatic heterocycles. The SMILES string of the molecule is N#Cc1cc(Cl)c(CO)c(C(F)F)n1. The lowest BCUT2D eigenvalue weighted by Crippen LogP contribution is -2.01. The highest BCUT2D eigenvalue weighted by Crippen LogP contribution is 2.27. The van der Waals surface area contributed by atoms with Crippen molar-refractivity contribution in [2.45, 2.75) is 13.0 Å². The van der Waals surface area contributed by atoms with Gasteiger partial charge in [-0.15, -0.1) is 0 Å². The predicted octanol–water partition coefficient (Wildman–Crippen LogP) is 2.04. The zero-order valence-electron chi connectivity index (χ0n) is 6.84. The summed E-state index contributed by atoms with van der Waals surface area (Å²) < 4.78 is 24.7. The number of nitriles is 1. The van der Waals surface area contributed by atoms with Crippen molar-refractivity contribution in [3.05, 3.63) is 28.0 Å². The van der Waals surface area contributed by atoms with E-state index < -0.39 is 18.7 Å². The van der Waals surface area contributed by atoms with E-state index >= 15 is 0 Å². The Bertz CT molecular complexity index is 390. The summed E-state index contributed by atoms with van der Waals surface area (Å²) in [4.78, 5) is 3.37. The van der Waals surface area contributed by atoms with Gasteiger partial charge in [0, 0.05) is 5.56 Å². The van der Waals surface area contributed by atoms with Crippen LogP contribution in [0.25, 0.3) is 0 Å². The molecule has 1 aromatic rings. The lowest BCUT2D eigenvalue weighted by Gasteiger charge is -2.07. The van der Waals surface area contributed by atoms with Crippen molar-refractivity contribution >= 4 is 11.6 Å². The van der Waals surface area contributed by atoms with E-state index in [1.807, 2.05) is 0 Å². The van der Waals surface area contributed by atoms with Crippen LogP contribution in [0.2, 0.25) is 5.02 Å². The molecule has 1 rings (SSSR count). The topological polar surface area (TPSA) is 56.9 Å². The van der Waals surface area contributed by atoms with Gasteiger partial charge in [0.15, 0.2) is 0 Å². The first-order valence-electron chi connectivity index (χ1n) is 3.58. The molecule has 0 amide bonds. The van der Waals surface area contributed by atoms with Gasteiger partial charge in [-0.1, -0.05) is 11.6 Å². The lowest BCUT2D eigenvalue weighted by molar-refractivity contribution is 0.141. The van der Waals surface area contributed by atoms with Gasteiger partial charge in [-0.3, -0.25) is 0 Å². The van der Waals surface area contributed by atoms with Crippen LogP contribution in [-0.4, -0.2) is 10.1 Å². The van der Waals surface area contributed by atoms with Crippen LogP contribution in [0.4, 0.5) is 8.78 Å². The lowest BCUT2D eigenvalue weighted by atomic mass is 10.2. The van der Waals surface area contributed by atoms with Crippen molar-refractivity contribution in [1.29, 1.82) is 5.26 Å². The zero-order chi connectivity index (χ0) is 10.7. The molecule has 0 atom stereocenters. The Labute approximate surface area is 83.6 Å². The standard InChI is InChI=1S/C8H5ClF2N2O/c9-6-1-4(2-12)13-7(8(10)11)5(6)3-14/h1,8,14H,3H2. The van der Waals surface area contributed by atoms with Crippen LogP contribution < -0.4 is 0 Å². The van der Waals surface area contributed by atoms with Crippen molar-refractivity contribution < 1.29 is 13.9 Å². The van der Waals surface area contributed by atoms with Crippen LogP contribution in [0.1, 0.15) is 23.4 Å². The summed E-state index contributed by atoms with van der Waals surface area (Å²) in [7, 11) is 0. The Morgan fingerprint density at radius 2 is 2.29 bits per heavy atom. The van der Waals surface area contributed by atoms with Crippen molar-refractivity contribution in [3.63, 3.8) is 0 Å². The molecular weight excluding hydrogens is 214 g/mol. The molecule has 3 nitrogen and oxygen atoms in total. The Morgan fingerprint density at radius 1 is 1.64 bits per heavy atom. The minimum Gasteiger partial charge on any atom is -0.392 e. The van der Waals surface area contributed by atoms with Gasteiger partial charge < -0.3 is 5.11 Å². The number of pyridine rings is 1. The zero-order valence-corrected chi connectivity index (χ0v) is 7.59. The minimum atomic E-state index is -2.86. The quantitative estimate of drug-likeness (QED) is 0.826. The third-order valence-electron chi connectivity index (χ3n) is 1.58. The van der Waals surface area contributed by atoms with Crippen LogP contribution in [0, 0.1) is 11.3 Å². The van der Waals surface area contributed by atoms with Crippen molar-refractivity contribution in [3.8, 4) is 6.07 Å². The number of alkyl halides is 2. The molecule has 0 spiro atoms. The largest absolute Gasteiger partial charge is 0.392 e. The first kappa shape index (κ1) is 10.8. The van der Waals surface area contributed by atoms with E-state index in [9.17, 15) is 8.78 Å². The van der Waals surface area contributed by atoms with Gasteiger partial charge in [0.1, 0.15) is 17.5 Å². The second-order valence-corrected chi connectivity index (χ2v) is 2.83. The van der Waals surface area contributed by atoms with Crippen molar-refractivity contribution in [2.24, 2.45) is 0 Å². The summed E-state index contributed by atoms with van der Waals surface area (Å²) in [6, 6.07) is 2.74. The van der Waals surface area contributed by atoms with Crippen LogP contribution >= 0.6 is 11.6 Å². The highest BCUT2D eigenvalue weighted by molar-refractivity contribution is 6.31. The van der Waals surface area contributed by atoms with E-state index in [0.29, 0.717) is 0 Å². The van der Waals surface area contributed by atoms with Gasteiger partial charge >= 0.3 is 0 Å². The Morgan fingerprint density at radius 3 is 2.71 bits per heavy atom. The molecule has 1 heterocycles. The molecule has 1 N–H and O–H groups in total. The van der Waals surface area contributed by atoms with Gasteiger partial charge in [-0.25, -0.2) is 13.8 Å². The third-order valence-corrected chi connectivity index (χ3v) is 1.92. The molecule has 0 saturated heterocycles. The highest BCUT2D eigenvalue weighted by Gasteiger charge is 2.18. The molecule has 0 aromatic carbocycles. The number of halogens is 3. The second kappa shape index (κ2) is 4.31. The number of aromatic nitrogens is 1. The molecule has 0 unspecified atom stereocenters. The summed E-state index contributed by atoms with van der Waals surface area (Å²) in [6.45, 7) is -0.628. The van der Waals surface area contributed by atoms with Crippen LogP contribution in [0.5, 0.6) is 0 Å². The molecule has 0 fully saturated rings. The first-order valence-corrected chi connectivity index (χ1v) is 3.96. The Balaban J connectivity index is 3.37. The fourth-order valence-electron chi connectivity index (χ4n) is 0.953. The van der Waals surface area contributed by atoms with Gasteiger partial charge in [0.25, 0.3) is 6.43 Å². The van der Waals surface area contributed by atoms with Gasteiger partial charge in [0.05, 0.1) is 11.6 Å². The molecule has 0 saturated carbocycles. The maximum Gasteiger partial charge on any atom is 0.280 e. The van der Waals surface area contributed by atoms with Crippen molar-refractivity contribution in [2.75, 3.05) is 0 Å². The molecule has 6 heteroatoms. The summed E-state index contributed by atoms with van der Waals surface area (Å²) in [5.41, 5.74) is -0.972. The molecule has 74 valence electrons. The fraction of sp³-hybridized carbons (Fsp3) is 0.250. The molecule has 0 aliphatic heterocycles. The highest BCUT2D eigenvalue weighted by atomic mass is 35.5. The van der Waals surface area contributed by atoms with Crippen LogP contribution in [0.3, 0.4) is 0 Å². The smallest absolute Gasteiger partial charge is 0.280 e. The van der Waals surface area contributed by atoms with Crippen LogP contribution in [-0.2, 0) is 6.61 Å². The first-order chi connectivity index (χ1) is 6.60. The summed E-state index contributed by atoms with van der Waals surface area (Å²) >= 11 is 5.57. The van der Waals surface area contributed by atoms with E-state index in [2.05, 4.69) is 4.98 Å². The van der Waals surface area contributed by atoms with Gasteiger partial charge in [-0.2, -0.15) is 5.26 Å². The second-order valence-electron chi connectivity index (χ2n) is 2.42. The Kier molecular flexibility index (Phi) is 3.33. The maximum absolute atomic E-state index is 12.4. The average molecular weight is 219 g/mol. The molecule has 14 heavy (non-hydrogen) atoms. The normalized spacial score (nSPS) is 10.3. The number of aliphatic hydroxyl groups is 1. The monoisotopic (exact) mass is 218 g/mol. The van der Waals surface area contributed by atoms with E-state index in [4.69, 9.17) is 22.0 Å². The number of hydrogen-bond acceptors (Lipinski definition) is 3. The number of hydrogen-bond donors (Lipinski definition) is 1. The summed E-state index contributed by atoms with van der Waals surface area (Å²) in [5, 5.41) is 17.1.